The van der Waals surface area contributed by atoms with E-state index in [9.17, 15) is 53.4 Å². The van der Waals surface area contributed by atoms with Crippen LogP contribution in [0.25, 0.3) is 0 Å². The van der Waals surface area contributed by atoms with Gasteiger partial charge in [-0.05, 0) is 64.7 Å². The van der Waals surface area contributed by atoms with Crippen LogP contribution in [0.15, 0.2) is 0 Å². The average molecular weight is 1010 g/mol. The van der Waals surface area contributed by atoms with Crippen molar-refractivity contribution >= 4 is 53.2 Å². The molecule has 0 aliphatic carbocycles. The van der Waals surface area contributed by atoms with Crippen molar-refractivity contribution in [3.63, 3.8) is 0 Å². The molecule has 0 unspecified atom stereocenters. The lowest BCUT2D eigenvalue weighted by atomic mass is 9.95. The highest BCUT2D eigenvalue weighted by atomic mass is 16.3. The molecule has 2 aliphatic rings. The first-order valence-electron chi connectivity index (χ1n) is 25.9. The molecule has 9 amide bonds. The average Bonchev–Trinajstić information content (AvgIpc) is 3.88. The molecule has 21 heteroatoms. The van der Waals surface area contributed by atoms with Crippen molar-refractivity contribution < 1.29 is 53.4 Å². The molecular formula is C50H90N10O11. The Bertz CT molecular complexity index is 1830. The van der Waals surface area contributed by atoms with Crippen LogP contribution >= 0.6 is 0 Å². The van der Waals surface area contributed by atoms with Crippen molar-refractivity contribution in [2.24, 2.45) is 29.2 Å². The van der Waals surface area contributed by atoms with Crippen molar-refractivity contribution in [2.45, 2.75) is 226 Å². The second kappa shape index (κ2) is 29.0. The lowest BCUT2D eigenvalue weighted by Gasteiger charge is -2.34. The van der Waals surface area contributed by atoms with E-state index in [2.05, 4.69) is 38.8 Å². The van der Waals surface area contributed by atoms with E-state index in [-0.39, 0.29) is 75.5 Å². The molecule has 0 aromatic heterocycles. The minimum Gasteiger partial charge on any atom is -0.391 e. The number of aliphatic hydroxyl groups excluding tert-OH is 2. The molecule has 2 saturated heterocycles. The van der Waals surface area contributed by atoms with Gasteiger partial charge >= 0.3 is 0 Å². The molecule has 406 valence electrons. The molecule has 12 N–H and O–H groups in total. The molecule has 2 rings (SSSR count). The summed E-state index contributed by atoms with van der Waals surface area (Å²) in [6.45, 7) is 18.7. The van der Waals surface area contributed by atoms with Gasteiger partial charge in [-0.3, -0.25) is 43.2 Å². The molecule has 0 saturated carbocycles. The number of carbonyl (C=O) groups is 9. The summed E-state index contributed by atoms with van der Waals surface area (Å²) in [6.07, 6.45) is 5.61. The van der Waals surface area contributed by atoms with Gasteiger partial charge in [-0.1, -0.05) is 93.4 Å². The Morgan fingerprint density at radius 2 is 1.18 bits per heavy atom. The van der Waals surface area contributed by atoms with E-state index in [0.29, 0.717) is 19.3 Å². The van der Waals surface area contributed by atoms with Crippen molar-refractivity contribution in [1.82, 2.24) is 41.7 Å². The van der Waals surface area contributed by atoms with Gasteiger partial charge < -0.3 is 63.4 Å². The summed E-state index contributed by atoms with van der Waals surface area (Å²) >= 11 is 0. The number of nitrogens with zero attached hydrogens (tertiary/aromatic N) is 2. The maximum atomic E-state index is 14.1. The Labute approximate surface area is 421 Å². The van der Waals surface area contributed by atoms with E-state index in [1.54, 1.807) is 20.8 Å². The monoisotopic (exact) mass is 1010 g/mol. The van der Waals surface area contributed by atoms with Crippen LogP contribution in [0.1, 0.15) is 166 Å². The van der Waals surface area contributed by atoms with Crippen molar-refractivity contribution in [3.8, 4) is 0 Å². The van der Waals surface area contributed by atoms with Crippen LogP contribution in [0, 0.1) is 17.8 Å². The first-order valence-corrected chi connectivity index (χ1v) is 25.9. The molecule has 0 radical (unpaired) electrons. The van der Waals surface area contributed by atoms with Gasteiger partial charge in [-0.25, -0.2) is 0 Å². The summed E-state index contributed by atoms with van der Waals surface area (Å²) < 4.78 is 0. The highest BCUT2D eigenvalue weighted by molar-refractivity contribution is 5.99. The van der Waals surface area contributed by atoms with Gasteiger partial charge in [0.15, 0.2) is 0 Å². The van der Waals surface area contributed by atoms with Gasteiger partial charge in [0.1, 0.15) is 41.3 Å². The number of likely N-dealkylation sites (tertiary alicyclic amines) is 2. The zero-order valence-corrected chi connectivity index (χ0v) is 44.5. The highest BCUT2D eigenvalue weighted by Gasteiger charge is 2.47. The minimum atomic E-state index is -1.75. The van der Waals surface area contributed by atoms with Crippen LogP contribution in [0.2, 0.25) is 0 Å². The lowest BCUT2D eigenvalue weighted by Crippen LogP contribution is -2.65. The maximum absolute atomic E-state index is 14.1. The largest absolute Gasteiger partial charge is 0.391 e. The van der Waals surface area contributed by atoms with E-state index in [1.165, 1.54) is 37.5 Å². The van der Waals surface area contributed by atoms with Crippen molar-refractivity contribution in [3.05, 3.63) is 0 Å². The predicted octanol–water partition coefficient (Wildman–Crippen LogP) is 0.752. The first-order chi connectivity index (χ1) is 33.1. The van der Waals surface area contributed by atoms with Crippen LogP contribution in [0.4, 0.5) is 0 Å². The van der Waals surface area contributed by atoms with Gasteiger partial charge in [-0.2, -0.15) is 0 Å². The number of nitrogens with two attached hydrogens (primary N) is 2. The van der Waals surface area contributed by atoms with Crippen LogP contribution < -0.4 is 43.4 Å². The quantitative estimate of drug-likeness (QED) is 0.0446. The standard InChI is InChI=1S/C50H90N10O11/c1-12-14-15-16-17-18-19-20-39(64)59-27-34(62)25-37(59)46(69)60-28-33(61)24-36(60)43(66)55-40(30(5)6)45(68)58-49(8,9)47(70)54-35(21-22-38(52)63)42(65)57-50(10,11)48(71)56-41(31(7)13-2)44(67)53-32(26-51)23-29(3)4/h29-37,40-41,61-62H,12-28,51H2,1-11H3,(H2,52,63)(H,53,67)(H,54,70)(H,55,66)(H,56,71)(H,57,65)(H,58,68)/t31-,32-,33+,34+,35-,36-,37-,40-,41-/m0/s1. The SMILES string of the molecule is CCCCCCCCCC(=O)N1C[C@H](O)C[C@H]1C(=O)N1C[C@H](O)C[C@H]1C(=O)N[C@H](C(=O)NC(C)(C)C(=O)N[C@@H](CCC(N)=O)C(=O)NC(C)(C)C(=O)N[C@H](C(=O)N[C@H](CN)CC(C)C)[C@@H](C)CC)C(C)C. The second-order valence-electron chi connectivity index (χ2n) is 21.6. The fraction of sp³-hybridized carbons (Fsp3) is 0.820. The molecule has 0 spiro atoms. The molecule has 2 heterocycles. The van der Waals surface area contributed by atoms with Crippen molar-refractivity contribution in [2.75, 3.05) is 19.6 Å². The van der Waals surface area contributed by atoms with Crippen LogP contribution in [-0.4, -0.2) is 152 Å². The van der Waals surface area contributed by atoms with Crippen LogP contribution in [-0.2, 0) is 43.2 Å². The fourth-order valence-electron chi connectivity index (χ4n) is 8.87. The molecule has 2 aliphatic heterocycles. The third kappa shape index (κ3) is 19.6. The fourth-order valence-corrected chi connectivity index (χ4v) is 8.87. The number of hydrogen-bond donors (Lipinski definition) is 10. The van der Waals surface area contributed by atoms with Gasteiger partial charge in [0.05, 0.1) is 12.2 Å². The number of aliphatic hydroxyl groups is 2. The lowest BCUT2D eigenvalue weighted by molar-refractivity contribution is -0.147. The van der Waals surface area contributed by atoms with E-state index < -0.39 is 107 Å². The minimum absolute atomic E-state index is 0.0250. The third-order valence-electron chi connectivity index (χ3n) is 13.5. The first kappa shape index (κ1) is 62.2. The summed E-state index contributed by atoms with van der Waals surface area (Å²) in [4.78, 5) is 125. The van der Waals surface area contributed by atoms with Gasteiger partial charge in [0, 0.05) is 51.4 Å². The summed E-state index contributed by atoms with van der Waals surface area (Å²) in [5, 5.41) is 37.5. The van der Waals surface area contributed by atoms with E-state index in [1.807, 2.05) is 20.8 Å². The highest BCUT2D eigenvalue weighted by Crippen LogP contribution is 2.27. The maximum Gasteiger partial charge on any atom is 0.246 e. The number of primary amides is 1. The zero-order chi connectivity index (χ0) is 54.0. The molecule has 0 bridgehead atoms. The van der Waals surface area contributed by atoms with Gasteiger partial charge in [0.2, 0.25) is 53.2 Å². The smallest absolute Gasteiger partial charge is 0.246 e. The second-order valence-corrected chi connectivity index (χ2v) is 21.6. The molecular weight excluding hydrogens is 917 g/mol. The summed E-state index contributed by atoms with van der Waals surface area (Å²) in [5.41, 5.74) is 7.94. The number of hydrogen-bond acceptors (Lipinski definition) is 12. The van der Waals surface area contributed by atoms with Crippen LogP contribution in [0.3, 0.4) is 0 Å². The van der Waals surface area contributed by atoms with Gasteiger partial charge in [0.25, 0.3) is 0 Å². The molecule has 0 aromatic rings. The van der Waals surface area contributed by atoms with E-state index >= 15 is 0 Å². The summed E-state index contributed by atoms with van der Waals surface area (Å²) in [6, 6.07) is -6.23. The van der Waals surface area contributed by atoms with E-state index in [4.69, 9.17) is 11.5 Å². The Kier molecular flexibility index (Phi) is 25.4. The number of carbonyl (C=O) groups excluding carboxylic acids is 9. The number of nitrogens with one attached hydrogen (secondary N) is 6. The molecule has 0 aromatic carbocycles. The van der Waals surface area contributed by atoms with Gasteiger partial charge in [-0.15, -0.1) is 0 Å². The Morgan fingerprint density at radius 3 is 1.72 bits per heavy atom. The van der Waals surface area contributed by atoms with Crippen molar-refractivity contribution in [1.29, 1.82) is 0 Å². The summed E-state index contributed by atoms with van der Waals surface area (Å²) in [7, 11) is 0. The third-order valence-corrected chi connectivity index (χ3v) is 13.5. The predicted molar refractivity (Wildman–Crippen MR) is 268 cm³/mol. The van der Waals surface area contributed by atoms with E-state index in [0.717, 1.165) is 38.5 Å². The molecule has 9 atom stereocenters. The summed E-state index contributed by atoms with van der Waals surface area (Å²) in [5.74, 6) is -6.62. The molecule has 71 heavy (non-hydrogen) atoms. The Morgan fingerprint density at radius 1 is 0.648 bits per heavy atom. The molecule has 21 nitrogen and oxygen atoms in total. The Hall–Kier alpha value is -4.89. The molecule has 2 fully saturated rings. The normalized spacial score (nSPS) is 20.4. The number of amides is 9. The number of unbranched alkanes of at least 4 members (excludes halogenated alkanes) is 6. The number of rotatable bonds is 30. The number of β-amino-alcohol motifs (C(OH)–C–C–N with tert-alkyl or cyclic N) is 2. The topological polar surface area (TPSA) is 325 Å². The zero-order valence-electron chi connectivity index (χ0n) is 44.5. The van der Waals surface area contributed by atoms with Crippen LogP contribution in [0.5, 0.6) is 0 Å². The Balaban J connectivity index is 2.20.